The SMILES string of the molecule is O=C(Nc1ccc(N2CCOCC2)c(F)c1)C1C2CN(S(=O)(=O)c3cccc4cnccc34)CC21. The van der Waals surface area contributed by atoms with Crippen molar-refractivity contribution in [3.63, 3.8) is 0 Å². The molecule has 2 saturated heterocycles. The third-order valence-electron chi connectivity index (χ3n) is 7.29. The Kier molecular flexibility index (Phi) is 5.46. The molecular weight excluding hydrogens is 471 g/mol. The molecule has 1 amide bonds. The summed E-state index contributed by atoms with van der Waals surface area (Å²) < 4.78 is 48.1. The van der Waals surface area contributed by atoms with Crippen LogP contribution in [0.15, 0.2) is 59.8 Å². The van der Waals surface area contributed by atoms with E-state index in [0.717, 1.165) is 5.39 Å². The lowest BCUT2D eigenvalue weighted by atomic mass is 10.2. The van der Waals surface area contributed by atoms with E-state index in [1.165, 1.54) is 10.4 Å². The maximum Gasteiger partial charge on any atom is 0.243 e. The van der Waals surface area contributed by atoms with Gasteiger partial charge in [-0.3, -0.25) is 9.78 Å². The van der Waals surface area contributed by atoms with Crippen molar-refractivity contribution in [3.05, 3.63) is 60.7 Å². The molecule has 8 nitrogen and oxygen atoms in total. The average Bonchev–Trinajstić information content (AvgIpc) is 3.37. The molecule has 6 rings (SSSR count). The summed E-state index contributed by atoms with van der Waals surface area (Å²) in [5, 5.41) is 4.22. The number of nitrogens with zero attached hydrogens (tertiary/aromatic N) is 3. The van der Waals surface area contributed by atoms with E-state index in [1.807, 2.05) is 11.0 Å². The van der Waals surface area contributed by atoms with Crippen LogP contribution < -0.4 is 10.2 Å². The number of carbonyl (C=O) groups excluding carboxylic acids is 1. The Morgan fingerprint density at radius 1 is 1.09 bits per heavy atom. The molecular formula is C25H25FN4O4S. The number of aromatic nitrogens is 1. The molecule has 3 heterocycles. The molecule has 2 aromatic carbocycles. The van der Waals surface area contributed by atoms with Crippen LogP contribution >= 0.6 is 0 Å². The molecule has 2 unspecified atom stereocenters. The Morgan fingerprint density at radius 3 is 2.60 bits per heavy atom. The number of hydrogen-bond donors (Lipinski definition) is 1. The van der Waals surface area contributed by atoms with E-state index in [-0.39, 0.29) is 34.4 Å². The largest absolute Gasteiger partial charge is 0.378 e. The number of benzene rings is 2. The highest BCUT2D eigenvalue weighted by molar-refractivity contribution is 7.89. The van der Waals surface area contributed by atoms with E-state index in [4.69, 9.17) is 4.74 Å². The van der Waals surface area contributed by atoms with Gasteiger partial charge in [0.25, 0.3) is 0 Å². The third kappa shape index (κ3) is 3.95. The van der Waals surface area contributed by atoms with Gasteiger partial charge in [-0.05, 0) is 42.2 Å². The van der Waals surface area contributed by atoms with Crippen molar-refractivity contribution >= 4 is 38.1 Å². The maximum absolute atomic E-state index is 14.7. The van der Waals surface area contributed by atoms with Crippen molar-refractivity contribution in [1.29, 1.82) is 0 Å². The molecule has 0 spiro atoms. The first-order valence-corrected chi connectivity index (χ1v) is 13.1. The Bertz CT molecular complexity index is 1390. The number of pyridine rings is 1. The zero-order chi connectivity index (χ0) is 24.2. The number of amides is 1. The summed E-state index contributed by atoms with van der Waals surface area (Å²) in [6.45, 7) is 2.99. The van der Waals surface area contributed by atoms with Crippen LogP contribution in [0.5, 0.6) is 0 Å². The van der Waals surface area contributed by atoms with Crippen molar-refractivity contribution in [2.45, 2.75) is 4.90 Å². The molecule has 0 bridgehead atoms. The third-order valence-corrected chi connectivity index (χ3v) is 9.18. The summed E-state index contributed by atoms with van der Waals surface area (Å²) in [6, 6.07) is 11.6. The first-order valence-electron chi connectivity index (χ1n) is 11.7. The van der Waals surface area contributed by atoms with Gasteiger partial charge in [-0.25, -0.2) is 12.8 Å². The molecule has 2 aliphatic heterocycles. The van der Waals surface area contributed by atoms with Crippen molar-refractivity contribution in [3.8, 4) is 0 Å². The Hall–Kier alpha value is -3.08. The van der Waals surface area contributed by atoms with Gasteiger partial charge in [0.1, 0.15) is 5.82 Å². The zero-order valence-electron chi connectivity index (χ0n) is 18.9. The van der Waals surface area contributed by atoms with E-state index in [2.05, 4.69) is 10.3 Å². The number of halogens is 1. The second-order valence-electron chi connectivity index (χ2n) is 9.28. The lowest BCUT2D eigenvalue weighted by Crippen LogP contribution is -2.36. The number of piperidine rings is 1. The summed E-state index contributed by atoms with van der Waals surface area (Å²) >= 11 is 0. The van der Waals surface area contributed by atoms with Crippen LogP contribution in [0.3, 0.4) is 0 Å². The summed E-state index contributed by atoms with van der Waals surface area (Å²) in [7, 11) is -3.69. The zero-order valence-corrected chi connectivity index (χ0v) is 19.7. The molecule has 1 aromatic heterocycles. The van der Waals surface area contributed by atoms with E-state index in [1.54, 1.807) is 42.7 Å². The molecule has 2 atom stereocenters. The minimum Gasteiger partial charge on any atom is -0.378 e. The second-order valence-corrected chi connectivity index (χ2v) is 11.2. The van der Waals surface area contributed by atoms with E-state index in [0.29, 0.717) is 56.2 Å². The summed E-state index contributed by atoms with van der Waals surface area (Å²) in [6.07, 6.45) is 3.23. The summed E-state index contributed by atoms with van der Waals surface area (Å²) in [4.78, 5) is 19.1. The minimum absolute atomic E-state index is 0.0288. The molecule has 3 aliphatic rings. The van der Waals surface area contributed by atoms with Crippen LogP contribution in [0.25, 0.3) is 10.8 Å². The fourth-order valence-electron chi connectivity index (χ4n) is 5.40. The van der Waals surface area contributed by atoms with Crippen molar-refractivity contribution in [1.82, 2.24) is 9.29 Å². The molecule has 1 N–H and O–H groups in total. The average molecular weight is 497 g/mol. The van der Waals surface area contributed by atoms with Gasteiger partial charge in [-0.2, -0.15) is 4.31 Å². The summed E-state index contributed by atoms with van der Waals surface area (Å²) in [5.74, 6) is -0.895. The van der Waals surface area contributed by atoms with E-state index >= 15 is 0 Å². The molecule has 10 heteroatoms. The number of anilines is 2. The van der Waals surface area contributed by atoms with Crippen LogP contribution in [-0.2, 0) is 19.6 Å². The van der Waals surface area contributed by atoms with Crippen LogP contribution in [-0.4, -0.2) is 63.0 Å². The number of nitrogens with one attached hydrogen (secondary N) is 1. The molecule has 3 aromatic rings. The smallest absolute Gasteiger partial charge is 0.243 e. The number of fused-ring (bicyclic) bond motifs is 2. The monoisotopic (exact) mass is 496 g/mol. The van der Waals surface area contributed by atoms with Gasteiger partial charge in [-0.15, -0.1) is 0 Å². The normalized spacial score (nSPS) is 24.4. The number of carbonyl (C=O) groups is 1. The second kappa shape index (κ2) is 8.54. The minimum atomic E-state index is -3.69. The highest BCUT2D eigenvalue weighted by Crippen LogP contribution is 2.53. The van der Waals surface area contributed by atoms with Crippen LogP contribution in [0.1, 0.15) is 0 Å². The highest BCUT2D eigenvalue weighted by Gasteiger charge is 2.61. The Balaban J connectivity index is 1.11. The van der Waals surface area contributed by atoms with Gasteiger partial charge >= 0.3 is 0 Å². The maximum atomic E-state index is 14.7. The van der Waals surface area contributed by atoms with Gasteiger partial charge < -0.3 is 15.0 Å². The Labute approximate surface area is 202 Å². The van der Waals surface area contributed by atoms with Crippen LogP contribution in [0.4, 0.5) is 15.8 Å². The fraction of sp³-hybridized carbons (Fsp3) is 0.360. The molecule has 1 saturated carbocycles. The van der Waals surface area contributed by atoms with Gasteiger partial charge in [0.05, 0.1) is 23.8 Å². The standard InChI is InChI=1S/C25H25FN4O4S/c26-21-12-17(4-5-22(21)29-8-10-34-11-9-29)28-25(31)24-19-14-30(15-20(19)24)35(32,33)23-3-1-2-16-13-27-7-6-18(16)23/h1-7,12-13,19-20,24H,8-11,14-15H2,(H,28,31). The number of sulfonamides is 1. The van der Waals surface area contributed by atoms with Crippen molar-refractivity contribution < 1.29 is 22.3 Å². The predicted octanol–water partition coefficient (Wildman–Crippen LogP) is 2.72. The molecule has 182 valence electrons. The van der Waals surface area contributed by atoms with Crippen molar-refractivity contribution in [2.75, 3.05) is 49.6 Å². The van der Waals surface area contributed by atoms with Gasteiger partial charge in [0.2, 0.25) is 15.9 Å². The van der Waals surface area contributed by atoms with Gasteiger partial charge in [0.15, 0.2) is 0 Å². The summed E-state index contributed by atoms with van der Waals surface area (Å²) in [5.41, 5.74) is 0.906. The highest BCUT2D eigenvalue weighted by atomic mass is 32.2. The topological polar surface area (TPSA) is 91.8 Å². The first kappa shape index (κ1) is 22.4. The number of rotatable bonds is 5. The van der Waals surface area contributed by atoms with E-state index in [9.17, 15) is 17.6 Å². The van der Waals surface area contributed by atoms with E-state index < -0.39 is 10.0 Å². The lowest BCUT2D eigenvalue weighted by Gasteiger charge is -2.29. The predicted molar refractivity (Wildman–Crippen MR) is 129 cm³/mol. The molecule has 35 heavy (non-hydrogen) atoms. The molecule has 3 fully saturated rings. The number of ether oxygens (including phenoxy) is 1. The first-order chi connectivity index (χ1) is 16.9. The molecule has 0 radical (unpaired) electrons. The lowest BCUT2D eigenvalue weighted by molar-refractivity contribution is -0.118. The quantitative estimate of drug-likeness (QED) is 0.584. The number of morpholine rings is 1. The Morgan fingerprint density at radius 2 is 1.86 bits per heavy atom. The van der Waals surface area contributed by atoms with Gasteiger partial charge in [0, 0.05) is 61.0 Å². The fourth-order valence-corrected chi connectivity index (χ4v) is 7.13. The number of hydrogen-bond acceptors (Lipinski definition) is 6. The van der Waals surface area contributed by atoms with Crippen LogP contribution in [0.2, 0.25) is 0 Å². The van der Waals surface area contributed by atoms with Crippen molar-refractivity contribution in [2.24, 2.45) is 17.8 Å². The van der Waals surface area contributed by atoms with Crippen LogP contribution in [0, 0.1) is 23.6 Å². The molecule has 1 aliphatic carbocycles. The van der Waals surface area contributed by atoms with Gasteiger partial charge in [-0.1, -0.05) is 12.1 Å².